The summed E-state index contributed by atoms with van der Waals surface area (Å²) in [5.41, 5.74) is 0.552. The van der Waals surface area contributed by atoms with Gasteiger partial charge < -0.3 is 4.98 Å². The van der Waals surface area contributed by atoms with Crippen LogP contribution in [0.15, 0.2) is 24.3 Å². The second-order valence-corrected chi connectivity index (χ2v) is 5.04. The van der Waals surface area contributed by atoms with Crippen molar-refractivity contribution in [3.8, 4) is 10.7 Å². The van der Waals surface area contributed by atoms with E-state index < -0.39 is 11.6 Å². The van der Waals surface area contributed by atoms with Crippen LogP contribution in [0.1, 0.15) is 4.88 Å². The van der Waals surface area contributed by atoms with Crippen LogP contribution in [-0.4, -0.2) is 9.97 Å². The summed E-state index contributed by atoms with van der Waals surface area (Å²) in [5, 5.41) is 0. The van der Waals surface area contributed by atoms with Crippen molar-refractivity contribution >= 4 is 22.4 Å². The molecule has 0 fully saturated rings. The van der Waals surface area contributed by atoms with Crippen LogP contribution in [0.4, 0.5) is 8.78 Å². The summed E-state index contributed by atoms with van der Waals surface area (Å²) in [7, 11) is 0. The van der Waals surface area contributed by atoms with E-state index in [0.717, 1.165) is 15.8 Å². The molecule has 0 saturated carbocycles. The molecule has 0 aliphatic heterocycles. The summed E-state index contributed by atoms with van der Waals surface area (Å²) in [6.07, 6.45) is 0. The van der Waals surface area contributed by atoms with Crippen molar-refractivity contribution in [2.75, 3.05) is 0 Å². The Morgan fingerprint density at radius 1 is 1.18 bits per heavy atom. The summed E-state index contributed by atoms with van der Waals surface area (Å²) in [6, 6.07) is 6.46. The zero-order chi connectivity index (χ0) is 12.0. The number of rotatable bonds is 1. The van der Waals surface area contributed by atoms with Gasteiger partial charge in [0.15, 0.2) is 11.6 Å². The maximum atomic E-state index is 13.5. The molecule has 2 aromatic heterocycles. The molecule has 0 amide bonds. The Morgan fingerprint density at radius 3 is 2.71 bits per heavy atom. The molecule has 3 aromatic rings. The van der Waals surface area contributed by atoms with E-state index in [1.54, 1.807) is 11.3 Å². The van der Waals surface area contributed by atoms with Gasteiger partial charge in [-0.25, -0.2) is 13.8 Å². The Hall–Kier alpha value is -1.75. The predicted molar refractivity (Wildman–Crippen MR) is 64.1 cm³/mol. The van der Waals surface area contributed by atoms with Crippen LogP contribution in [0.5, 0.6) is 0 Å². The van der Waals surface area contributed by atoms with Gasteiger partial charge in [-0.05, 0) is 31.2 Å². The number of halogens is 2. The molecular formula is C12H8F2N2S. The third-order valence-corrected chi connectivity index (χ3v) is 3.53. The molecule has 0 aliphatic rings. The number of nitrogens with zero attached hydrogens (tertiary/aromatic N) is 1. The molecule has 0 bridgehead atoms. The Morgan fingerprint density at radius 2 is 2.00 bits per heavy atom. The highest BCUT2D eigenvalue weighted by Crippen LogP contribution is 2.28. The lowest BCUT2D eigenvalue weighted by Gasteiger charge is -1.91. The summed E-state index contributed by atoms with van der Waals surface area (Å²) in [4.78, 5) is 9.14. The van der Waals surface area contributed by atoms with Crippen LogP contribution in [0.25, 0.3) is 21.7 Å². The summed E-state index contributed by atoms with van der Waals surface area (Å²) in [6.45, 7) is 1.98. The van der Waals surface area contributed by atoms with Crippen molar-refractivity contribution in [3.63, 3.8) is 0 Å². The molecule has 0 radical (unpaired) electrons. The molecule has 17 heavy (non-hydrogen) atoms. The molecule has 0 saturated heterocycles. The van der Waals surface area contributed by atoms with E-state index in [0.29, 0.717) is 11.3 Å². The number of aryl methyl sites for hydroxylation is 1. The van der Waals surface area contributed by atoms with E-state index in [9.17, 15) is 8.78 Å². The molecule has 0 spiro atoms. The lowest BCUT2D eigenvalue weighted by Crippen LogP contribution is -1.84. The summed E-state index contributed by atoms with van der Waals surface area (Å²) < 4.78 is 26.5. The number of aromatic amines is 1. The largest absolute Gasteiger partial charge is 0.337 e. The van der Waals surface area contributed by atoms with E-state index >= 15 is 0 Å². The van der Waals surface area contributed by atoms with Gasteiger partial charge >= 0.3 is 0 Å². The highest BCUT2D eigenvalue weighted by atomic mass is 32.1. The number of imidazole rings is 1. The van der Waals surface area contributed by atoms with Crippen molar-refractivity contribution in [1.82, 2.24) is 9.97 Å². The minimum absolute atomic E-state index is 0.0473. The zero-order valence-corrected chi connectivity index (χ0v) is 9.74. The molecule has 3 rings (SSSR count). The number of benzene rings is 1. The van der Waals surface area contributed by atoms with Gasteiger partial charge in [-0.1, -0.05) is 0 Å². The number of nitrogens with one attached hydrogen (secondary N) is 1. The fourth-order valence-corrected chi connectivity index (χ4v) is 2.51. The predicted octanol–water partition coefficient (Wildman–Crippen LogP) is 3.88. The highest BCUT2D eigenvalue weighted by molar-refractivity contribution is 7.15. The molecule has 86 valence electrons. The molecule has 0 unspecified atom stereocenters. The van der Waals surface area contributed by atoms with Gasteiger partial charge in [0.1, 0.15) is 11.3 Å². The van der Waals surface area contributed by atoms with Gasteiger partial charge in [0.05, 0.1) is 10.4 Å². The first-order chi connectivity index (χ1) is 8.15. The average Bonchev–Trinajstić information content (AvgIpc) is 2.90. The average molecular weight is 250 g/mol. The van der Waals surface area contributed by atoms with Crippen molar-refractivity contribution in [1.29, 1.82) is 0 Å². The minimum Gasteiger partial charge on any atom is -0.337 e. The van der Waals surface area contributed by atoms with Crippen molar-refractivity contribution in [3.05, 3.63) is 40.8 Å². The van der Waals surface area contributed by atoms with Gasteiger partial charge in [0.2, 0.25) is 0 Å². The topological polar surface area (TPSA) is 28.7 Å². The van der Waals surface area contributed by atoms with E-state index in [4.69, 9.17) is 0 Å². The Labute approximate surface area is 99.9 Å². The monoisotopic (exact) mass is 250 g/mol. The maximum absolute atomic E-state index is 13.5. The molecule has 2 nitrogen and oxygen atoms in total. The van der Waals surface area contributed by atoms with Crippen LogP contribution >= 0.6 is 11.3 Å². The molecule has 1 aromatic carbocycles. The first-order valence-electron chi connectivity index (χ1n) is 5.05. The highest BCUT2D eigenvalue weighted by Gasteiger charge is 2.13. The maximum Gasteiger partial charge on any atom is 0.186 e. The minimum atomic E-state index is -0.904. The number of H-pyrrole nitrogens is 1. The lowest BCUT2D eigenvalue weighted by atomic mass is 10.3. The fraction of sp³-hybridized carbons (Fsp3) is 0.0833. The molecule has 0 atom stereocenters. The first kappa shape index (κ1) is 10.4. The quantitative estimate of drug-likeness (QED) is 0.697. The van der Waals surface area contributed by atoms with Gasteiger partial charge in [-0.3, -0.25) is 0 Å². The second-order valence-electron chi connectivity index (χ2n) is 3.75. The second kappa shape index (κ2) is 3.63. The molecule has 5 heteroatoms. The summed E-state index contributed by atoms with van der Waals surface area (Å²) >= 11 is 1.56. The SMILES string of the molecule is Cc1ccc(-c2nc3c(F)c(F)ccc3[nH]2)s1. The molecule has 1 N–H and O–H groups in total. The number of hydrogen-bond donors (Lipinski definition) is 1. The molecule has 0 aliphatic carbocycles. The zero-order valence-electron chi connectivity index (χ0n) is 8.92. The number of fused-ring (bicyclic) bond motifs is 1. The fourth-order valence-electron chi connectivity index (χ4n) is 1.70. The standard InChI is InChI=1S/C12H8F2N2S/c1-6-2-5-9(17-6)12-15-8-4-3-7(13)10(14)11(8)16-12/h2-5H,1H3,(H,15,16). The van der Waals surface area contributed by atoms with E-state index in [2.05, 4.69) is 9.97 Å². The third-order valence-electron chi connectivity index (χ3n) is 2.52. The van der Waals surface area contributed by atoms with Gasteiger partial charge in [-0.2, -0.15) is 0 Å². The Balaban J connectivity index is 2.23. The number of thiophene rings is 1. The van der Waals surface area contributed by atoms with Gasteiger partial charge in [0.25, 0.3) is 0 Å². The normalized spacial score (nSPS) is 11.2. The van der Waals surface area contributed by atoms with Crippen LogP contribution in [0.3, 0.4) is 0 Å². The van der Waals surface area contributed by atoms with Crippen molar-refractivity contribution < 1.29 is 8.78 Å². The molecule has 2 heterocycles. The van der Waals surface area contributed by atoms with E-state index in [-0.39, 0.29) is 5.52 Å². The molecular weight excluding hydrogens is 242 g/mol. The van der Waals surface area contributed by atoms with E-state index in [1.165, 1.54) is 6.07 Å². The third kappa shape index (κ3) is 1.63. The van der Waals surface area contributed by atoms with Crippen LogP contribution in [-0.2, 0) is 0 Å². The number of hydrogen-bond acceptors (Lipinski definition) is 2. The smallest absolute Gasteiger partial charge is 0.186 e. The first-order valence-corrected chi connectivity index (χ1v) is 5.87. The van der Waals surface area contributed by atoms with E-state index in [1.807, 2.05) is 19.1 Å². The Kier molecular flexibility index (Phi) is 2.22. The lowest BCUT2D eigenvalue weighted by molar-refractivity contribution is 0.515. The van der Waals surface area contributed by atoms with Crippen LogP contribution in [0, 0.1) is 18.6 Å². The van der Waals surface area contributed by atoms with Crippen molar-refractivity contribution in [2.45, 2.75) is 6.92 Å². The van der Waals surface area contributed by atoms with Gasteiger partial charge in [-0.15, -0.1) is 11.3 Å². The number of aromatic nitrogens is 2. The van der Waals surface area contributed by atoms with Crippen molar-refractivity contribution in [2.24, 2.45) is 0 Å². The van der Waals surface area contributed by atoms with Crippen LogP contribution in [0.2, 0.25) is 0 Å². The Bertz CT molecular complexity index is 700. The van der Waals surface area contributed by atoms with Crippen LogP contribution < -0.4 is 0 Å². The van der Waals surface area contributed by atoms with Gasteiger partial charge in [0, 0.05) is 4.88 Å². The summed E-state index contributed by atoms with van der Waals surface area (Å²) in [5.74, 6) is -1.21.